The Morgan fingerprint density at radius 1 is 1.61 bits per heavy atom. The van der Waals surface area contributed by atoms with Crippen molar-refractivity contribution in [1.29, 1.82) is 0 Å². The summed E-state index contributed by atoms with van der Waals surface area (Å²) < 4.78 is 13.5. The van der Waals surface area contributed by atoms with E-state index in [1.165, 1.54) is 0 Å². The number of piperidine rings is 1. The quantitative estimate of drug-likeness (QED) is 0.737. The van der Waals surface area contributed by atoms with Crippen LogP contribution in [0.15, 0.2) is 6.20 Å². The second kappa shape index (κ2) is 5.61. The molecule has 1 fully saturated rings. The fraction of sp³-hybridized carbons (Fsp3) is 0.545. The zero-order chi connectivity index (χ0) is 13.0. The van der Waals surface area contributed by atoms with Gasteiger partial charge in [-0.15, -0.1) is 0 Å². The normalized spacial score (nSPS) is 19.2. The number of hydrogen-bond acceptors (Lipinski definition) is 5. The van der Waals surface area contributed by atoms with Crippen LogP contribution in [0.4, 0.5) is 16.2 Å². The molecule has 0 saturated carbocycles. The van der Waals surface area contributed by atoms with E-state index < -0.39 is 11.9 Å². The standard InChI is InChI=1S/C11H16FN5O/c1-2-13-11-15-6-7(12)9(17-11)16-8-4-3-5-14-10(8)18/h6,8H,2-5H2,1H3,(H,14,18)(H2,13,15,16,17). The van der Waals surface area contributed by atoms with Gasteiger partial charge in [-0.3, -0.25) is 4.79 Å². The highest BCUT2D eigenvalue weighted by Crippen LogP contribution is 2.15. The highest BCUT2D eigenvalue weighted by Gasteiger charge is 2.23. The Labute approximate surface area is 104 Å². The number of carbonyl (C=O) groups is 1. The minimum Gasteiger partial charge on any atom is -0.356 e. The molecule has 1 aliphatic heterocycles. The minimum absolute atomic E-state index is 0.0583. The second-order valence-corrected chi connectivity index (χ2v) is 4.05. The number of amides is 1. The molecule has 2 heterocycles. The molecule has 2 rings (SSSR count). The third-order valence-corrected chi connectivity index (χ3v) is 2.68. The number of nitrogens with one attached hydrogen (secondary N) is 3. The molecule has 1 unspecified atom stereocenters. The lowest BCUT2D eigenvalue weighted by molar-refractivity contribution is -0.123. The third kappa shape index (κ3) is 2.85. The number of aromatic nitrogens is 2. The van der Waals surface area contributed by atoms with Gasteiger partial charge in [0, 0.05) is 13.1 Å². The zero-order valence-corrected chi connectivity index (χ0v) is 10.2. The Hall–Kier alpha value is -1.92. The molecule has 0 aliphatic carbocycles. The summed E-state index contributed by atoms with van der Waals surface area (Å²) in [5.74, 6) is -0.278. The van der Waals surface area contributed by atoms with Crippen LogP contribution in [0.1, 0.15) is 19.8 Å². The van der Waals surface area contributed by atoms with E-state index in [1.807, 2.05) is 6.92 Å². The highest BCUT2D eigenvalue weighted by atomic mass is 19.1. The van der Waals surface area contributed by atoms with E-state index in [4.69, 9.17) is 0 Å². The van der Waals surface area contributed by atoms with Gasteiger partial charge in [0.25, 0.3) is 0 Å². The molecule has 1 aromatic heterocycles. The van der Waals surface area contributed by atoms with Crippen molar-refractivity contribution in [2.24, 2.45) is 0 Å². The molecule has 0 aromatic carbocycles. The highest BCUT2D eigenvalue weighted by molar-refractivity contribution is 5.85. The number of carbonyl (C=O) groups excluding carboxylic acids is 1. The van der Waals surface area contributed by atoms with E-state index in [0.29, 0.717) is 25.5 Å². The molecule has 1 amide bonds. The molecule has 3 N–H and O–H groups in total. The number of halogens is 1. The van der Waals surface area contributed by atoms with Crippen molar-refractivity contribution in [3.63, 3.8) is 0 Å². The summed E-state index contributed by atoms with van der Waals surface area (Å²) in [5.41, 5.74) is 0. The van der Waals surface area contributed by atoms with E-state index in [9.17, 15) is 9.18 Å². The van der Waals surface area contributed by atoms with Crippen LogP contribution >= 0.6 is 0 Å². The van der Waals surface area contributed by atoms with E-state index in [0.717, 1.165) is 12.6 Å². The lowest BCUT2D eigenvalue weighted by Crippen LogP contribution is -2.44. The van der Waals surface area contributed by atoms with Crippen molar-refractivity contribution in [2.75, 3.05) is 23.7 Å². The van der Waals surface area contributed by atoms with Gasteiger partial charge in [-0.05, 0) is 19.8 Å². The van der Waals surface area contributed by atoms with Crippen molar-refractivity contribution in [2.45, 2.75) is 25.8 Å². The molecular formula is C11H16FN5O. The Morgan fingerprint density at radius 3 is 3.17 bits per heavy atom. The Morgan fingerprint density at radius 2 is 2.44 bits per heavy atom. The van der Waals surface area contributed by atoms with Crippen molar-refractivity contribution < 1.29 is 9.18 Å². The van der Waals surface area contributed by atoms with Crippen LogP contribution in [-0.2, 0) is 4.79 Å². The molecule has 7 heteroatoms. The van der Waals surface area contributed by atoms with Crippen LogP contribution in [0.5, 0.6) is 0 Å². The third-order valence-electron chi connectivity index (χ3n) is 2.68. The van der Waals surface area contributed by atoms with Crippen LogP contribution in [-0.4, -0.2) is 35.0 Å². The first-order valence-electron chi connectivity index (χ1n) is 6.01. The summed E-state index contributed by atoms with van der Waals surface area (Å²) in [5, 5.41) is 8.44. The zero-order valence-electron chi connectivity index (χ0n) is 10.2. The molecule has 1 aromatic rings. The Balaban J connectivity index is 2.11. The van der Waals surface area contributed by atoms with Gasteiger partial charge in [-0.1, -0.05) is 0 Å². The van der Waals surface area contributed by atoms with Crippen molar-refractivity contribution >= 4 is 17.7 Å². The molecule has 0 radical (unpaired) electrons. The second-order valence-electron chi connectivity index (χ2n) is 4.05. The van der Waals surface area contributed by atoms with Crippen molar-refractivity contribution in [1.82, 2.24) is 15.3 Å². The van der Waals surface area contributed by atoms with Crippen molar-refractivity contribution in [3.05, 3.63) is 12.0 Å². The average Bonchev–Trinajstić information content (AvgIpc) is 2.36. The fourth-order valence-electron chi connectivity index (χ4n) is 1.79. The SMILES string of the molecule is CCNc1ncc(F)c(NC2CCCNC2=O)n1. The average molecular weight is 253 g/mol. The molecular weight excluding hydrogens is 237 g/mol. The van der Waals surface area contributed by atoms with Gasteiger partial charge in [0.2, 0.25) is 11.9 Å². The van der Waals surface area contributed by atoms with Crippen molar-refractivity contribution in [3.8, 4) is 0 Å². The summed E-state index contributed by atoms with van der Waals surface area (Å²) in [4.78, 5) is 19.4. The smallest absolute Gasteiger partial charge is 0.242 e. The van der Waals surface area contributed by atoms with E-state index in [1.54, 1.807) is 0 Å². The maximum atomic E-state index is 13.5. The molecule has 1 saturated heterocycles. The molecule has 1 aliphatic rings. The summed E-state index contributed by atoms with van der Waals surface area (Å²) >= 11 is 0. The lowest BCUT2D eigenvalue weighted by atomic mass is 10.1. The molecule has 0 bridgehead atoms. The fourth-order valence-corrected chi connectivity index (χ4v) is 1.79. The van der Waals surface area contributed by atoms with Crippen LogP contribution < -0.4 is 16.0 Å². The maximum absolute atomic E-state index is 13.5. The summed E-state index contributed by atoms with van der Waals surface area (Å²) in [7, 11) is 0. The van der Waals surface area contributed by atoms with Gasteiger partial charge >= 0.3 is 0 Å². The summed E-state index contributed by atoms with van der Waals surface area (Å²) in [6, 6.07) is -0.433. The van der Waals surface area contributed by atoms with E-state index in [2.05, 4.69) is 25.9 Å². The van der Waals surface area contributed by atoms with Crippen LogP contribution in [0.25, 0.3) is 0 Å². The van der Waals surface area contributed by atoms with Gasteiger partial charge in [0.1, 0.15) is 6.04 Å². The number of anilines is 2. The van der Waals surface area contributed by atoms with Gasteiger partial charge in [0.05, 0.1) is 6.20 Å². The Bertz CT molecular complexity index is 439. The minimum atomic E-state index is -0.560. The largest absolute Gasteiger partial charge is 0.356 e. The number of hydrogen-bond donors (Lipinski definition) is 3. The van der Waals surface area contributed by atoms with Gasteiger partial charge in [-0.25, -0.2) is 9.37 Å². The summed E-state index contributed by atoms with van der Waals surface area (Å²) in [6.07, 6.45) is 2.63. The number of nitrogens with zero attached hydrogens (tertiary/aromatic N) is 2. The first-order chi connectivity index (χ1) is 8.70. The molecule has 0 spiro atoms. The number of rotatable bonds is 4. The molecule has 98 valence electrons. The van der Waals surface area contributed by atoms with Gasteiger partial charge < -0.3 is 16.0 Å². The van der Waals surface area contributed by atoms with Gasteiger partial charge in [0.15, 0.2) is 11.6 Å². The topological polar surface area (TPSA) is 78.9 Å². The Kier molecular flexibility index (Phi) is 3.91. The van der Waals surface area contributed by atoms with E-state index >= 15 is 0 Å². The molecule has 6 nitrogen and oxygen atoms in total. The van der Waals surface area contributed by atoms with Crippen LogP contribution in [0.3, 0.4) is 0 Å². The lowest BCUT2D eigenvalue weighted by Gasteiger charge is -2.23. The van der Waals surface area contributed by atoms with Crippen LogP contribution in [0.2, 0.25) is 0 Å². The summed E-state index contributed by atoms with van der Waals surface area (Å²) in [6.45, 7) is 3.22. The molecule has 18 heavy (non-hydrogen) atoms. The van der Waals surface area contributed by atoms with Gasteiger partial charge in [-0.2, -0.15) is 4.98 Å². The predicted molar refractivity (Wildman–Crippen MR) is 65.8 cm³/mol. The first kappa shape index (κ1) is 12.5. The molecule has 1 atom stereocenters. The first-order valence-corrected chi connectivity index (χ1v) is 6.01. The maximum Gasteiger partial charge on any atom is 0.242 e. The predicted octanol–water partition coefficient (Wildman–Crippen LogP) is 0.738. The van der Waals surface area contributed by atoms with Crippen LogP contribution in [0, 0.1) is 5.82 Å². The monoisotopic (exact) mass is 253 g/mol. The van der Waals surface area contributed by atoms with E-state index in [-0.39, 0.29) is 11.7 Å².